The SMILES string of the molecule is CCC/C=N/NC(=O)c1ccc(N2CCCC2=O)cc1. The molecule has 1 saturated heterocycles. The molecule has 1 aliphatic rings. The Labute approximate surface area is 118 Å². The first-order valence-corrected chi connectivity index (χ1v) is 6.94. The first-order valence-electron chi connectivity index (χ1n) is 6.94. The summed E-state index contributed by atoms with van der Waals surface area (Å²) in [6.45, 7) is 2.80. The van der Waals surface area contributed by atoms with Crippen LogP contribution >= 0.6 is 0 Å². The number of rotatable bonds is 5. The molecule has 0 aromatic heterocycles. The lowest BCUT2D eigenvalue weighted by Gasteiger charge is -2.15. The van der Waals surface area contributed by atoms with Crippen molar-refractivity contribution in [2.24, 2.45) is 5.10 Å². The molecule has 1 heterocycles. The standard InChI is InChI=1S/C15H19N3O2/c1-2-3-10-16-17-15(20)12-6-8-13(9-7-12)18-11-4-5-14(18)19/h6-10H,2-5,11H2,1H3,(H,17,20)/b16-10+. The summed E-state index contributed by atoms with van der Waals surface area (Å²) in [6, 6.07) is 7.03. The highest BCUT2D eigenvalue weighted by molar-refractivity contribution is 5.97. The molecule has 5 heteroatoms. The van der Waals surface area contributed by atoms with Gasteiger partial charge in [0.05, 0.1) is 0 Å². The van der Waals surface area contributed by atoms with E-state index in [4.69, 9.17) is 0 Å². The Morgan fingerprint density at radius 2 is 2.15 bits per heavy atom. The molecule has 0 saturated carbocycles. The molecule has 1 aliphatic heterocycles. The van der Waals surface area contributed by atoms with Crippen LogP contribution in [0.3, 0.4) is 0 Å². The summed E-state index contributed by atoms with van der Waals surface area (Å²) in [5.74, 6) is -0.0944. The molecule has 2 rings (SSSR count). The van der Waals surface area contributed by atoms with Gasteiger partial charge in [0.25, 0.3) is 5.91 Å². The number of amides is 2. The van der Waals surface area contributed by atoms with E-state index in [1.165, 1.54) is 0 Å². The van der Waals surface area contributed by atoms with Crippen LogP contribution in [0.4, 0.5) is 5.69 Å². The summed E-state index contributed by atoms with van der Waals surface area (Å²) in [6.07, 6.45) is 5.03. The van der Waals surface area contributed by atoms with Crippen LogP contribution in [0, 0.1) is 0 Å². The zero-order valence-electron chi connectivity index (χ0n) is 11.6. The molecule has 106 valence electrons. The Hall–Kier alpha value is -2.17. The number of benzene rings is 1. The number of carbonyl (C=O) groups is 2. The Morgan fingerprint density at radius 1 is 1.40 bits per heavy atom. The third-order valence-electron chi connectivity index (χ3n) is 3.19. The van der Waals surface area contributed by atoms with E-state index in [1.54, 1.807) is 35.4 Å². The van der Waals surface area contributed by atoms with E-state index in [1.807, 2.05) is 6.92 Å². The fraction of sp³-hybridized carbons (Fsp3) is 0.400. The molecule has 1 N–H and O–H groups in total. The molecule has 2 amide bonds. The normalized spacial score (nSPS) is 15.1. The Kier molecular flexibility index (Phi) is 4.87. The molecule has 1 fully saturated rings. The number of anilines is 1. The maximum absolute atomic E-state index is 11.8. The third kappa shape index (κ3) is 3.44. The molecule has 20 heavy (non-hydrogen) atoms. The number of hydrogen-bond acceptors (Lipinski definition) is 3. The van der Waals surface area contributed by atoms with Gasteiger partial charge in [-0.05, 0) is 37.1 Å². The van der Waals surface area contributed by atoms with Crippen molar-refractivity contribution >= 4 is 23.7 Å². The smallest absolute Gasteiger partial charge is 0.271 e. The van der Waals surface area contributed by atoms with Gasteiger partial charge in [0.2, 0.25) is 5.91 Å². The van der Waals surface area contributed by atoms with Gasteiger partial charge in [-0.25, -0.2) is 5.43 Å². The maximum atomic E-state index is 11.8. The minimum Gasteiger partial charge on any atom is -0.312 e. The molecular weight excluding hydrogens is 254 g/mol. The summed E-state index contributed by atoms with van der Waals surface area (Å²) in [7, 11) is 0. The van der Waals surface area contributed by atoms with Crippen LogP contribution in [-0.2, 0) is 4.79 Å². The molecule has 1 aromatic carbocycles. The molecule has 0 radical (unpaired) electrons. The van der Waals surface area contributed by atoms with E-state index in [9.17, 15) is 9.59 Å². The van der Waals surface area contributed by atoms with Gasteiger partial charge in [0, 0.05) is 30.4 Å². The van der Waals surface area contributed by atoms with Gasteiger partial charge in [-0.2, -0.15) is 5.10 Å². The second-order valence-electron chi connectivity index (χ2n) is 4.74. The first-order chi connectivity index (χ1) is 9.72. The van der Waals surface area contributed by atoms with Crippen molar-refractivity contribution in [2.75, 3.05) is 11.4 Å². The summed E-state index contributed by atoms with van der Waals surface area (Å²) >= 11 is 0. The summed E-state index contributed by atoms with van der Waals surface area (Å²) in [4.78, 5) is 25.2. The lowest BCUT2D eigenvalue weighted by Crippen LogP contribution is -2.24. The summed E-state index contributed by atoms with van der Waals surface area (Å²) in [5.41, 5.74) is 3.86. The monoisotopic (exact) mass is 273 g/mol. The largest absolute Gasteiger partial charge is 0.312 e. The molecule has 0 unspecified atom stereocenters. The van der Waals surface area contributed by atoms with Gasteiger partial charge in [-0.15, -0.1) is 0 Å². The van der Waals surface area contributed by atoms with Crippen LogP contribution in [0.25, 0.3) is 0 Å². The summed E-state index contributed by atoms with van der Waals surface area (Å²) in [5, 5.41) is 3.86. The van der Waals surface area contributed by atoms with Crippen molar-refractivity contribution < 1.29 is 9.59 Å². The van der Waals surface area contributed by atoms with Gasteiger partial charge in [-0.3, -0.25) is 9.59 Å². The number of hydrogen-bond donors (Lipinski definition) is 1. The lowest BCUT2D eigenvalue weighted by molar-refractivity contribution is -0.117. The minimum atomic E-state index is -0.239. The van der Waals surface area contributed by atoms with E-state index in [2.05, 4.69) is 10.5 Å². The van der Waals surface area contributed by atoms with E-state index < -0.39 is 0 Å². The zero-order chi connectivity index (χ0) is 14.4. The maximum Gasteiger partial charge on any atom is 0.271 e. The molecule has 5 nitrogen and oxygen atoms in total. The van der Waals surface area contributed by atoms with E-state index >= 15 is 0 Å². The van der Waals surface area contributed by atoms with Crippen molar-refractivity contribution in [3.05, 3.63) is 29.8 Å². The number of unbranched alkanes of at least 4 members (excludes halogenated alkanes) is 1. The van der Waals surface area contributed by atoms with Gasteiger partial charge >= 0.3 is 0 Å². The van der Waals surface area contributed by atoms with Crippen LogP contribution in [-0.4, -0.2) is 24.6 Å². The van der Waals surface area contributed by atoms with E-state index in [0.29, 0.717) is 12.0 Å². The highest BCUT2D eigenvalue weighted by Gasteiger charge is 2.21. The zero-order valence-corrected chi connectivity index (χ0v) is 11.6. The Morgan fingerprint density at radius 3 is 2.75 bits per heavy atom. The molecule has 0 bridgehead atoms. The molecular formula is C15H19N3O2. The van der Waals surface area contributed by atoms with Crippen molar-refractivity contribution in [3.63, 3.8) is 0 Å². The fourth-order valence-corrected chi connectivity index (χ4v) is 2.08. The summed E-state index contributed by atoms with van der Waals surface area (Å²) < 4.78 is 0. The van der Waals surface area contributed by atoms with Crippen molar-refractivity contribution in [2.45, 2.75) is 32.6 Å². The predicted molar refractivity (Wildman–Crippen MR) is 78.9 cm³/mol. The number of nitrogens with one attached hydrogen (secondary N) is 1. The second-order valence-corrected chi connectivity index (χ2v) is 4.74. The topological polar surface area (TPSA) is 61.8 Å². The first kappa shape index (κ1) is 14.2. The van der Waals surface area contributed by atoms with Crippen molar-refractivity contribution in [1.29, 1.82) is 0 Å². The molecule has 0 spiro atoms. The highest BCUT2D eigenvalue weighted by atomic mass is 16.2. The average molecular weight is 273 g/mol. The Balaban J connectivity index is 1.97. The van der Waals surface area contributed by atoms with Gasteiger partial charge in [0.1, 0.15) is 0 Å². The van der Waals surface area contributed by atoms with E-state index in [0.717, 1.165) is 31.5 Å². The quantitative estimate of drug-likeness (QED) is 0.661. The minimum absolute atomic E-state index is 0.145. The number of nitrogens with zero attached hydrogens (tertiary/aromatic N) is 2. The predicted octanol–water partition coefficient (Wildman–Crippen LogP) is 2.33. The van der Waals surface area contributed by atoms with Crippen LogP contribution < -0.4 is 10.3 Å². The number of carbonyl (C=O) groups excluding carboxylic acids is 2. The van der Waals surface area contributed by atoms with Gasteiger partial charge < -0.3 is 4.90 Å². The third-order valence-corrected chi connectivity index (χ3v) is 3.19. The molecule has 0 aliphatic carbocycles. The fourth-order valence-electron chi connectivity index (χ4n) is 2.08. The highest BCUT2D eigenvalue weighted by Crippen LogP contribution is 2.21. The van der Waals surface area contributed by atoms with Crippen molar-refractivity contribution in [1.82, 2.24) is 5.43 Å². The van der Waals surface area contributed by atoms with E-state index in [-0.39, 0.29) is 11.8 Å². The lowest BCUT2D eigenvalue weighted by atomic mass is 10.2. The van der Waals surface area contributed by atoms with Crippen LogP contribution in [0.15, 0.2) is 29.4 Å². The molecule has 1 aromatic rings. The van der Waals surface area contributed by atoms with Gasteiger partial charge in [0.15, 0.2) is 0 Å². The molecule has 0 atom stereocenters. The van der Waals surface area contributed by atoms with Crippen LogP contribution in [0.5, 0.6) is 0 Å². The van der Waals surface area contributed by atoms with Gasteiger partial charge in [-0.1, -0.05) is 13.3 Å². The van der Waals surface area contributed by atoms with Crippen LogP contribution in [0.1, 0.15) is 43.0 Å². The second kappa shape index (κ2) is 6.84. The van der Waals surface area contributed by atoms with Crippen LogP contribution in [0.2, 0.25) is 0 Å². The Bertz CT molecular complexity index is 508. The van der Waals surface area contributed by atoms with Crippen molar-refractivity contribution in [3.8, 4) is 0 Å². The average Bonchev–Trinajstić information content (AvgIpc) is 2.90. The number of hydrazone groups is 1.